The zero-order valence-electron chi connectivity index (χ0n) is 15.5. The molecule has 0 radical (unpaired) electrons. The highest BCUT2D eigenvalue weighted by atomic mass is 16.5. The van der Waals surface area contributed by atoms with Crippen molar-refractivity contribution in [3.63, 3.8) is 0 Å². The van der Waals surface area contributed by atoms with Crippen LogP contribution in [0, 0.1) is 13.8 Å². The fourth-order valence-corrected chi connectivity index (χ4v) is 3.17. The van der Waals surface area contributed by atoms with Gasteiger partial charge in [0.1, 0.15) is 0 Å². The summed E-state index contributed by atoms with van der Waals surface area (Å²) in [7, 11) is 1.68. The van der Waals surface area contributed by atoms with E-state index in [-0.39, 0.29) is 11.9 Å². The van der Waals surface area contributed by atoms with E-state index in [0.29, 0.717) is 13.2 Å². The maximum Gasteiger partial charge on any atom is 0.237 e. The molecule has 1 aromatic carbocycles. The third-order valence-corrected chi connectivity index (χ3v) is 4.98. The number of amides is 1. The predicted octanol–water partition coefficient (Wildman–Crippen LogP) is 1.97. The molecular formula is C19H31N3O2. The Bertz CT molecular complexity index is 539. The van der Waals surface area contributed by atoms with Gasteiger partial charge in [-0.3, -0.25) is 9.69 Å². The predicted molar refractivity (Wildman–Crippen MR) is 98.7 cm³/mol. The van der Waals surface area contributed by atoms with Crippen molar-refractivity contribution in [2.24, 2.45) is 0 Å². The van der Waals surface area contributed by atoms with Gasteiger partial charge in [0.2, 0.25) is 5.91 Å². The molecule has 0 saturated carbocycles. The fourth-order valence-electron chi connectivity index (χ4n) is 3.17. The second-order valence-corrected chi connectivity index (χ2v) is 6.56. The fraction of sp³-hybridized carbons (Fsp3) is 0.632. The molecule has 1 aromatic rings. The number of anilines is 1. The summed E-state index contributed by atoms with van der Waals surface area (Å²) < 4.78 is 5.01. The summed E-state index contributed by atoms with van der Waals surface area (Å²) in [5.41, 5.74) is 4.01. The lowest BCUT2D eigenvalue weighted by Gasteiger charge is -2.39. The number of rotatable bonds is 7. The first-order valence-electron chi connectivity index (χ1n) is 8.86. The molecule has 1 heterocycles. The van der Waals surface area contributed by atoms with Crippen LogP contribution in [0.1, 0.15) is 24.5 Å². The summed E-state index contributed by atoms with van der Waals surface area (Å²) in [6.45, 7) is 11.5. The molecule has 5 nitrogen and oxygen atoms in total. The lowest BCUT2D eigenvalue weighted by Crippen LogP contribution is -2.54. The number of nitrogens with one attached hydrogen (secondary N) is 1. The Morgan fingerprint density at radius 2 is 1.96 bits per heavy atom. The number of hydrogen-bond donors (Lipinski definition) is 1. The molecule has 0 bridgehead atoms. The summed E-state index contributed by atoms with van der Waals surface area (Å²) in [4.78, 5) is 17.0. The highest BCUT2D eigenvalue weighted by Gasteiger charge is 2.25. The Morgan fingerprint density at radius 3 is 2.62 bits per heavy atom. The van der Waals surface area contributed by atoms with Crippen molar-refractivity contribution in [3.05, 3.63) is 29.3 Å². The summed E-state index contributed by atoms with van der Waals surface area (Å²) in [5, 5.41) is 3.00. The lowest BCUT2D eigenvalue weighted by molar-refractivity contribution is -0.126. The van der Waals surface area contributed by atoms with Gasteiger partial charge >= 0.3 is 0 Å². The van der Waals surface area contributed by atoms with Crippen LogP contribution in [0.5, 0.6) is 0 Å². The van der Waals surface area contributed by atoms with E-state index in [1.165, 1.54) is 16.8 Å². The minimum Gasteiger partial charge on any atom is -0.385 e. The van der Waals surface area contributed by atoms with Crippen LogP contribution in [0.3, 0.4) is 0 Å². The Hall–Kier alpha value is -1.59. The van der Waals surface area contributed by atoms with Crippen molar-refractivity contribution in [2.75, 3.05) is 51.3 Å². The first kappa shape index (κ1) is 18.7. The normalized spacial score (nSPS) is 16.9. The van der Waals surface area contributed by atoms with E-state index in [4.69, 9.17) is 4.74 Å². The topological polar surface area (TPSA) is 44.8 Å². The average molecular weight is 333 g/mol. The largest absolute Gasteiger partial charge is 0.385 e. The molecule has 1 atom stereocenters. The molecule has 1 amide bonds. The molecule has 1 aliphatic heterocycles. The molecule has 2 rings (SSSR count). The maximum absolute atomic E-state index is 12.2. The van der Waals surface area contributed by atoms with E-state index in [1.807, 2.05) is 6.92 Å². The molecule has 1 saturated heterocycles. The maximum atomic E-state index is 12.2. The average Bonchev–Trinajstić information content (AvgIpc) is 2.60. The molecule has 0 aromatic heterocycles. The quantitative estimate of drug-likeness (QED) is 0.775. The van der Waals surface area contributed by atoms with Crippen molar-refractivity contribution in [1.29, 1.82) is 0 Å². The number of benzene rings is 1. The van der Waals surface area contributed by atoms with Crippen molar-refractivity contribution >= 4 is 11.6 Å². The summed E-state index contributed by atoms with van der Waals surface area (Å²) in [6, 6.07) is 6.41. The van der Waals surface area contributed by atoms with E-state index in [2.05, 4.69) is 47.2 Å². The van der Waals surface area contributed by atoms with Crippen molar-refractivity contribution < 1.29 is 9.53 Å². The summed E-state index contributed by atoms with van der Waals surface area (Å²) in [5.74, 6) is 0.117. The second-order valence-electron chi connectivity index (χ2n) is 6.56. The minimum absolute atomic E-state index is 0.0756. The van der Waals surface area contributed by atoms with Gasteiger partial charge in [-0.15, -0.1) is 0 Å². The molecule has 134 valence electrons. The van der Waals surface area contributed by atoms with Gasteiger partial charge in [-0.05, 0) is 44.4 Å². The van der Waals surface area contributed by atoms with Crippen molar-refractivity contribution in [1.82, 2.24) is 10.2 Å². The van der Waals surface area contributed by atoms with Crippen LogP contribution in [-0.2, 0) is 9.53 Å². The Labute approximate surface area is 146 Å². The van der Waals surface area contributed by atoms with Gasteiger partial charge in [0.05, 0.1) is 6.04 Å². The van der Waals surface area contributed by atoms with Crippen LogP contribution in [0.15, 0.2) is 18.2 Å². The second kappa shape index (κ2) is 9.04. The van der Waals surface area contributed by atoms with E-state index in [0.717, 1.165) is 32.6 Å². The van der Waals surface area contributed by atoms with Gasteiger partial charge < -0.3 is 15.0 Å². The Morgan fingerprint density at radius 1 is 1.25 bits per heavy atom. The van der Waals surface area contributed by atoms with Crippen LogP contribution in [0.2, 0.25) is 0 Å². The van der Waals surface area contributed by atoms with E-state index in [9.17, 15) is 4.79 Å². The third kappa shape index (κ3) is 4.71. The van der Waals surface area contributed by atoms with Crippen LogP contribution in [-0.4, -0.2) is 63.3 Å². The molecule has 0 aliphatic carbocycles. The standard InChI is InChI=1S/C19H31N3O2/c1-15-7-5-8-18(16(15)2)22-12-10-21(11-13-22)17(3)19(23)20-9-6-14-24-4/h5,7-8,17H,6,9-14H2,1-4H3,(H,20,23). The molecule has 1 fully saturated rings. The van der Waals surface area contributed by atoms with Crippen LogP contribution >= 0.6 is 0 Å². The summed E-state index contributed by atoms with van der Waals surface area (Å²) in [6.07, 6.45) is 0.857. The molecule has 0 spiro atoms. The highest BCUT2D eigenvalue weighted by molar-refractivity contribution is 5.81. The third-order valence-electron chi connectivity index (χ3n) is 4.98. The molecule has 1 aliphatic rings. The number of carbonyl (C=O) groups is 1. The smallest absolute Gasteiger partial charge is 0.237 e. The molecule has 5 heteroatoms. The summed E-state index contributed by atoms with van der Waals surface area (Å²) >= 11 is 0. The number of piperazine rings is 1. The Kier molecular flexibility index (Phi) is 7.06. The number of nitrogens with zero attached hydrogens (tertiary/aromatic N) is 2. The zero-order valence-corrected chi connectivity index (χ0v) is 15.5. The lowest BCUT2D eigenvalue weighted by atomic mass is 10.1. The number of carbonyl (C=O) groups excluding carboxylic acids is 1. The molecule has 24 heavy (non-hydrogen) atoms. The van der Waals surface area contributed by atoms with Crippen molar-refractivity contribution in [3.8, 4) is 0 Å². The van der Waals surface area contributed by atoms with Gasteiger partial charge in [-0.1, -0.05) is 12.1 Å². The van der Waals surface area contributed by atoms with Gasteiger partial charge in [0.25, 0.3) is 0 Å². The van der Waals surface area contributed by atoms with E-state index in [1.54, 1.807) is 7.11 Å². The Balaban J connectivity index is 1.83. The number of methoxy groups -OCH3 is 1. The van der Waals surface area contributed by atoms with Crippen LogP contribution in [0.4, 0.5) is 5.69 Å². The minimum atomic E-state index is -0.0756. The van der Waals surface area contributed by atoms with Gasteiger partial charge in [-0.2, -0.15) is 0 Å². The van der Waals surface area contributed by atoms with Crippen LogP contribution < -0.4 is 10.2 Å². The van der Waals surface area contributed by atoms with Crippen molar-refractivity contribution in [2.45, 2.75) is 33.2 Å². The van der Waals surface area contributed by atoms with Gasteiger partial charge in [0, 0.05) is 52.1 Å². The highest BCUT2D eigenvalue weighted by Crippen LogP contribution is 2.24. The zero-order chi connectivity index (χ0) is 17.5. The van der Waals surface area contributed by atoms with E-state index < -0.39 is 0 Å². The monoisotopic (exact) mass is 333 g/mol. The van der Waals surface area contributed by atoms with E-state index >= 15 is 0 Å². The molecule has 1 N–H and O–H groups in total. The number of hydrogen-bond acceptors (Lipinski definition) is 4. The first-order valence-corrected chi connectivity index (χ1v) is 8.86. The number of aryl methyl sites for hydroxylation is 1. The van der Waals surface area contributed by atoms with Gasteiger partial charge in [0.15, 0.2) is 0 Å². The molecular weight excluding hydrogens is 302 g/mol. The molecule has 1 unspecified atom stereocenters. The first-order chi connectivity index (χ1) is 11.5. The number of ether oxygens (including phenoxy) is 1. The van der Waals surface area contributed by atoms with Gasteiger partial charge in [-0.25, -0.2) is 0 Å². The van der Waals surface area contributed by atoms with Crippen LogP contribution in [0.25, 0.3) is 0 Å². The SMILES string of the molecule is COCCCNC(=O)C(C)N1CCN(c2cccc(C)c2C)CC1.